The second-order valence-corrected chi connectivity index (χ2v) is 10.2. The fourth-order valence-corrected chi connectivity index (χ4v) is 5.15. The zero-order valence-corrected chi connectivity index (χ0v) is 20.8. The maximum absolute atomic E-state index is 13.1. The van der Waals surface area contributed by atoms with Crippen molar-refractivity contribution in [1.82, 2.24) is 4.31 Å². The molecule has 2 heterocycles. The maximum Gasteiger partial charge on any atom is 0.282 e. The Hall–Kier alpha value is -3.21. The van der Waals surface area contributed by atoms with E-state index >= 15 is 0 Å². The van der Waals surface area contributed by atoms with Gasteiger partial charge in [-0.1, -0.05) is 25.5 Å². The molecule has 1 N–H and O–H groups in total. The summed E-state index contributed by atoms with van der Waals surface area (Å²) in [4.78, 5) is 13.3. The van der Waals surface area contributed by atoms with Crippen LogP contribution in [0.1, 0.15) is 26.7 Å². The predicted molar refractivity (Wildman–Crippen MR) is 135 cm³/mol. The summed E-state index contributed by atoms with van der Waals surface area (Å²) in [5.74, 6) is 0.412. The molecule has 0 radical (unpaired) electrons. The van der Waals surface area contributed by atoms with Gasteiger partial charge in [0.25, 0.3) is 5.91 Å². The molecule has 10 heteroatoms. The number of ether oxygens (including phenoxy) is 2. The van der Waals surface area contributed by atoms with Crippen molar-refractivity contribution in [3.63, 3.8) is 0 Å². The van der Waals surface area contributed by atoms with Crippen molar-refractivity contribution < 1.29 is 22.7 Å². The van der Waals surface area contributed by atoms with Gasteiger partial charge < -0.3 is 14.8 Å². The van der Waals surface area contributed by atoms with Crippen LogP contribution in [0.25, 0.3) is 0 Å². The van der Waals surface area contributed by atoms with E-state index in [0.717, 1.165) is 18.5 Å². The van der Waals surface area contributed by atoms with Gasteiger partial charge in [0.1, 0.15) is 5.75 Å². The lowest BCUT2D eigenvalue weighted by molar-refractivity contribution is -0.114. The van der Waals surface area contributed by atoms with Crippen molar-refractivity contribution in [3.05, 3.63) is 60.3 Å². The molecule has 0 unspecified atom stereocenters. The lowest BCUT2D eigenvalue weighted by Crippen LogP contribution is -2.40. The highest BCUT2D eigenvalue weighted by Gasteiger charge is 2.30. The molecule has 0 bridgehead atoms. The lowest BCUT2D eigenvalue weighted by Gasteiger charge is -2.26. The van der Waals surface area contributed by atoms with Crippen LogP contribution in [0.15, 0.2) is 70.3 Å². The van der Waals surface area contributed by atoms with Crippen molar-refractivity contribution in [2.24, 2.45) is 5.10 Å². The maximum atomic E-state index is 13.1. The molecule has 1 amide bonds. The summed E-state index contributed by atoms with van der Waals surface area (Å²) in [6, 6.07) is 13.7. The van der Waals surface area contributed by atoms with E-state index in [2.05, 4.69) is 17.3 Å². The summed E-state index contributed by atoms with van der Waals surface area (Å²) in [5, 5.41) is 8.83. The number of benzene rings is 2. The van der Waals surface area contributed by atoms with E-state index in [4.69, 9.17) is 9.47 Å². The summed E-state index contributed by atoms with van der Waals surface area (Å²) >= 11 is 0. The molecule has 9 nitrogen and oxygen atoms in total. The van der Waals surface area contributed by atoms with Gasteiger partial charge in [0, 0.05) is 19.3 Å². The van der Waals surface area contributed by atoms with Crippen LogP contribution < -0.4 is 15.1 Å². The average Bonchev–Trinajstić information content (AvgIpc) is 3.17. The van der Waals surface area contributed by atoms with Gasteiger partial charge in [0.2, 0.25) is 10.0 Å². The number of hydrogen-bond donors (Lipinski definition) is 1. The van der Waals surface area contributed by atoms with Crippen LogP contribution in [0.5, 0.6) is 5.75 Å². The van der Waals surface area contributed by atoms with Gasteiger partial charge in [0.05, 0.1) is 47.4 Å². The summed E-state index contributed by atoms with van der Waals surface area (Å²) in [7, 11) is -3.61. The minimum Gasteiger partial charge on any atom is -0.491 e. The number of unbranched alkanes of at least 4 members (excludes halogenated alkanes) is 1. The number of carbonyl (C=O) groups excluding carboxylic acids is 1. The van der Waals surface area contributed by atoms with Gasteiger partial charge in [-0.25, -0.2) is 8.42 Å². The first kappa shape index (κ1) is 24.9. The molecule has 4 rings (SSSR count). The van der Waals surface area contributed by atoms with Crippen molar-refractivity contribution >= 4 is 33.0 Å². The van der Waals surface area contributed by atoms with Crippen molar-refractivity contribution in [3.8, 4) is 5.75 Å². The number of para-hydroxylation sites is 2. The SMILES string of the molecule is CCCCOc1ccccc1NC=C1C(=O)N(c2ccc(S(=O)(=O)N3CCOCC3)cc2)N=C1C. The minimum absolute atomic E-state index is 0.174. The number of rotatable bonds is 9. The van der Waals surface area contributed by atoms with E-state index in [-0.39, 0.29) is 10.8 Å². The molecule has 2 aliphatic rings. The average molecular weight is 499 g/mol. The first-order valence-electron chi connectivity index (χ1n) is 11.7. The van der Waals surface area contributed by atoms with Crippen LogP contribution in [-0.4, -0.2) is 57.3 Å². The second-order valence-electron chi connectivity index (χ2n) is 8.21. The number of nitrogens with one attached hydrogen (secondary N) is 1. The molecular weight excluding hydrogens is 468 g/mol. The molecule has 1 saturated heterocycles. The number of hydrogen-bond acceptors (Lipinski definition) is 7. The van der Waals surface area contributed by atoms with Crippen LogP contribution in [0.2, 0.25) is 0 Å². The molecule has 0 aromatic heterocycles. The van der Waals surface area contributed by atoms with Gasteiger partial charge in [-0.3, -0.25) is 4.79 Å². The fraction of sp³-hybridized carbons (Fsp3) is 0.360. The standard InChI is InChI=1S/C25H30N4O5S/c1-3-4-15-34-24-8-6-5-7-23(24)26-18-22-19(2)27-29(25(22)30)20-9-11-21(12-10-20)35(31,32)28-13-16-33-17-14-28/h5-12,18,26H,3-4,13-17H2,1-2H3. The molecule has 2 aromatic rings. The number of anilines is 2. The largest absolute Gasteiger partial charge is 0.491 e. The Labute approximate surface area is 206 Å². The second kappa shape index (κ2) is 11.0. The molecule has 0 saturated carbocycles. The predicted octanol–water partition coefficient (Wildman–Crippen LogP) is 3.60. The van der Waals surface area contributed by atoms with E-state index < -0.39 is 10.0 Å². The van der Waals surface area contributed by atoms with Crippen LogP contribution >= 0.6 is 0 Å². The summed E-state index contributed by atoms with van der Waals surface area (Å²) in [6.07, 6.45) is 3.63. The first-order valence-corrected chi connectivity index (χ1v) is 13.1. The summed E-state index contributed by atoms with van der Waals surface area (Å²) in [5.41, 5.74) is 2.21. The fourth-order valence-electron chi connectivity index (χ4n) is 3.74. The Morgan fingerprint density at radius 2 is 1.83 bits per heavy atom. The molecule has 0 spiro atoms. The van der Waals surface area contributed by atoms with Gasteiger partial charge in [0.15, 0.2) is 0 Å². The highest BCUT2D eigenvalue weighted by Crippen LogP contribution is 2.28. The van der Waals surface area contributed by atoms with Crippen LogP contribution in [0, 0.1) is 0 Å². The van der Waals surface area contributed by atoms with Gasteiger partial charge in [-0.05, 0) is 49.7 Å². The number of carbonyl (C=O) groups is 1. The van der Waals surface area contributed by atoms with Gasteiger partial charge in [-0.2, -0.15) is 14.4 Å². The van der Waals surface area contributed by atoms with E-state index in [1.54, 1.807) is 25.3 Å². The number of amides is 1. The van der Waals surface area contributed by atoms with Crippen LogP contribution in [0.3, 0.4) is 0 Å². The summed E-state index contributed by atoms with van der Waals surface area (Å²) in [6.45, 7) is 5.90. The molecule has 0 atom stereocenters. The number of hydrazone groups is 1. The Morgan fingerprint density at radius 3 is 2.54 bits per heavy atom. The van der Waals surface area contributed by atoms with E-state index in [9.17, 15) is 13.2 Å². The van der Waals surface area contributed by atoms with Gasteiger partial charge in [-0.15, -0.1) is 0 Å². The Morgan fingerprint density at radius 1 is 1.11 bits per heavy atom. The molecule has 35 heavy (non-hydrogen) atoms. The Kier molecular flexibility index (Phi) is 7.84. The number of morpholine rings is 1. The molecule has 2 aliphatic heterocycles. The van der Waals surface area contributed by atoms with Gasteiger partial charge >= 0.3 is 0 Å². The molecule has 0 aliphatic carbocycles. The van der Waals surface area contributed by atoms with Crippen LogP contribution in [-0.2, 0) is 19.6 Å². The molecule has 2 aromatic carbocycles. The number of sulfonamides is 1. The highest BCUT2D eigenvalue weighted by atomic mass is 32.2. The van der Waals surface area contributed by atoms with Crippen molar-refractivity contribution in [2.75, 3.05) is 43.2 Å². The van der Waals surface area contributed by atoms with Crippen molar-refractivity contribution in [2.45, 2.75) is 31.6 Å². The van der Waals surface area contributed by atoms with E-state index in [1.165, 1.54) is 21.4 Å². The topological polar surface area (TPSA) is 101 Å². The third kappa shape index (κ3) is 5.55. The lowest BCUT2D eigenvalue weighted by atomic mass is 10.2. The third-order valence-corrected chi connectivity index (χ3v) is 7.68. The third-order valence-electron chi connectivity index (χ3n) is 5.77. The zero-order valence-electron chi connectivity index (χ0n) is 19.9. The Balaban J connectivity index is 1.47. The smallest absolute Gasteiger partial charge is 0.282 e. The quantitative estimate of drug-likeness (QED) is 0.419. The monoisotopic (exact) mass is 498 g/mol. The molecule has 1 fully saturated rings. The first-order chi connectivity index (χ1) is 16.9. The van der Waals surface area contributed by atoms with Crippen LogP contribution in [0.4, 0.5) is 11.4 Å². The van der Waals surface area contributed by atoms with Crippen molar-refractivity contribution in [1.29, 1.82) is 0 Å². The summed E-state index contributed by atoms with van der Waals surface area (Å²) < 4.78 is 38.2. The Bertz CT molecular complexity index is 1220. The molecular formula is C25H30N4O5S. The van der Waals surface area contributed by atoms with E-state index in [1.807, 2.05) is 24.3 Å². The number of nitrogens with zero attached hydrogens (tertiary/aromatic N) is 3. The highest BCUT2D eigenvalue weighted by molar-refractivity contribution is 7.89. The normalized spacial score (nSPS) is 18.1. The molecule has 186 valence electrons. The minimum atomic E-state index is -3.61. The van der Waals surface area contributed by atoms with E-state index in [0.29, 0.717) is 55.6 Å². The zero-order chi connectivity index (χ0) is 24.8.